The highest BCUT2D eigenvalue weighted by Crippen LogP contribution is 2.29. The molecule has 2 saturated heterocycles. The summed E-state index contributed by atoms with van der Waals surface area (Å²) in [5.41, 5.74) is 2.37. The molecule has 9 nitrogen and oxygen atoms in total. The number of methoxy groups -OCH3 is 1. The van der Waals surface area contributed by atoms with Crippen molar-refractivity contribution in [3.63, 3.8) is 0 Å². The molecule has 0 spiro atoms. The number of H-pyrrole nitrogens is 1. The van der Waals surface area contributed by atoms with E-state index in [9.17, 15) is 4.79 Å². The van der Waals surface area contributed by atoms with E-state index < -0.39 is 0 Å². The van der Waals surface area contributed by atoms with Gasteiger partial charge in [-0.25, -0.2) is 10.1 Å². The average Bonchev–Trinajstić information content (AvgIpc) is 3.18. The third kappa shape index (κ3) is 5.56. The Bertz CT molecular complexity index is 1170. The first-order valence-electron chi connectivity index (χ1n) is 12.8. The van der Waals surface area contributed by atoms with E-state index in [1.807, 2.05) is 0 Å². The zero-order chi connectivity index (χ0) is 24.0. The number of rotatable bonds is 7. The summed E-state index contributed by atoms with van der Waals surface area (Å²) in [5, 5.41) is 10.3. The Kier molecular flexibility index (Phi) is 7.42. The molecule has 9 heteroatoms. The Morgan fingerprint density at radius 2 is 1.80 bits per heavy atom. The van der Waals surface area contributed by atoms with Gasteiger partial charge in [0, 0.05) is 51.3 Å². The van der Waals surface area contributed by atoms with Gasteiger partial charge in [0.2, 0.25) is 5.95 Å². The number of nitrogens with zero attached hydrogens (tertiary/aromatic N) is 5. The van der Waals surface area contributed by atoms with E-state index in [2.05, 4.69) is 54.6 Å². The molecule has 0 bridgehead atoms. The molecule has 2 fully saturated rings. The van der Waals surface area contributed by atoms with Gasteiger partial charge in [-0.2, -0.15) is 10.1 Å². The molecule has 2 aromatic heterocycles. The van der Waals surface area contributed by atoms with Gasteiger partial charge in [0.25, 0.3) is 5.56 Å². The summed E-state index contributed by atoms with van der Waals surface area (Å²) in [7, 11) is 1.77. The number of benzene rings is 1. The Hall–Kier alpha value is -3.20. The third-order valence-electron chi connectivity index (χ3n) is 7.14. The van der Waals surface area contributed by atoms with E-state index in [0.717, 1.165) is 57.7 Å². The van der Waals surface area contributed by atoms with Crippen molar-refractivity contribution in [1.29, 1.82) is 0 Å². The second-order valence-electron chi connectivity index (χ2n) is 9.64. The summed E-state index contributed by atoms with van der Waals surface area (Å²) in [6.45, 7) is 4.82. The van der Waals surface area contributed by atoms with Crippen LogP contribution in [0.1, 0.15) is 44.9 Å². The molecular formula is C26H35N7O2. The summed E-state index contributed by atoms with van der Waals surface area (Å²) in [5.74, 6) is 1.84. The van der Waals surface area contributed by atoms with Crippen LogP contribution >= 0.6 is 0 Å². The maximum Gasteiger partial charge on any atom is 0.277 e. The number of hydrogen-bond donors (Lipinski definition) is 2. The lowest BCUT2D eigenvalue weighted by Gasteiger charge is -2.34. The van der Waals surface area contributed by atoms with Gasteiger partial charge in [-0.1, -0.05) is 12.8 Å². The average molecular weight is 478 g/mol. The molecule has 2 aliphatic heterocycles. The Balaban J connectivity index is 1.38. The number of piperidine rings is 1. The smallest absolute Gasteiger partial charge is 0.277 e. The second-order valence-corrected chi connectivity index (χ2v) is 9.64. The van der Waals surface area contributed by atoms with E-state index in [4.69, 9.17) is 9.72 Å². The molecule has 5 rings (SSSR count). The summed E-state index contributed by atoms with van der Waals surface area (Å²) < 4.78 is 5.28. The molecule has 2 N–H and O–H groups in total. The molecule has 1 aromatic carbocycles. The lowest BCUT2D eigenvalue weighted by molar-refractivity contribution is 0.172. The second kappa shape index (κ2) is 11.0. The first kappa shape index (κ1) is 23.5. The molecule has 1 atom stereocenters. The van der Waals surface area contributed by atoms with Crippen LogP contribution in [0.5, 0.6) is 0 Å². The van der Waals surface area contributed by atoms with Gasteiger partial charge in [0.05, 0.1) is 6.20 Å². The van der Waals surface area contributed by atoms with Crippen LogP contribution in [0.3, 0.4) is 0 Å². The van der Waals surface area contributed by atoms with Crippen LogP contribution in [-0.4, -0.2) is 60.1 Å². The molecular weight excluding hydrogens is 442 g/mol. The van der Waals surface area contributed by atoms with Crippen molar-refractivity contribution in [2.45, 2.75) is 44.9 Å². The number of aromatic nitrogens is 4. The number of nitrogens with one attached hydrogen (secondary N) is 2. The summed E-state index contributed by atoms with van der Waals surface area (Å²) in [4.78, 5) is 26.8. The van der Waals surface area contributed by atoms with E-state index in [1.165, 1.54) is 31.4 Å². The fourth-order valence-electron chi connectivity index (χ4n) is 5.21. The van der Waals surface area contributed by atoms with Crippen molar-refractivity contribution >= 4 is 34.0 Å². The quantitative estimate of drug-likeness (QED) is 0.525. The van der Waals surface area contributed by atoms with Crippen molar-refractivity contribution in [2.75, 3.05) is 55.0 Å². The minimum absolute atomic E-state index is 0.292. The number of ether oxygens (including phenoxy) is 1. The molecule has 0 amide bonds. The molecule has 35 heavy (non-hydrogen) atoms. The largest absolute Gasteiger partial charge is 0.385 e. The normalized spacial score (nSPS) is 19.1. The molecule has 186 valence electrons. The SMILES string of the molecule is COCCC1CCCN(c2ccc(Nc3nc(N4CCCCCC4)nc4cn[nH]c(=O)c34)cc2)C1. The van der Waals surface area contributed by atoms with E-state index in [-0.39, 0.29) is 5.56 Å². The first-order chi connectivity index (χ1) is 17.2. The highest BCUT2D eigenvalue weighted by molar-refractivity contribution is 5.90. The van der Waals surface area contributed by atoms with E-state index in [1.54, 1.807) is 13.3 Å². The highest BCUT2D eigenvalue weighted by atomic mass is 16.5. The topological polar surface area (TPSA) is 99.3 Å². The molecule has 0 aliphatic carbocycles. The molecule has 4 heterocycles. The maximum atomic E-state index is 12.6. The van der Waals surface area contributed by atoms with Crippen LogP contribution in [0.15, 0.2) is 35.3 Å². The van der Waals surface area contributed by atoms with Crippen molar-refractivity contribution < 1.29 is 4.74 Å². The predicted molar refractivity (Wildman–Crippen MR) is 140 cm³/mol. The number of aromatic amines is 1. The molecule has 1 unspecified atom stereocenters. The highest BCUT2D eigenvalue weighted by Gasteiger charge is 2.21. The Morgan fingerprint density at radius 1 is 1.03 bits per heavy atom. The fourth-order valence-corrected chi connectivity index (χ4v) is 5.21. The Morgan fingerprint density at radius 3 is 2.57 bits per heavy atom. The van der Waals surface area contributed by atoms with E-state index in [0.29, 0.717) is 28.6 Å². The lowest BCUT2D eigenvalue weighted by Crippen LogP contribution is -2.35. The predicted octanol–water partition coefficient (Wildman–Crippen LogP) is 4.09. The van der Waals surface area contributed by atoms with Gasteiger partial charge in [-0.15, -0.1) is 0 Å². The van der Waals surface area contributed by atoms with Gasteiger partial charge < -0.3 is 19.9 Å². The van der Waals surface area contributed by atoms with Crippen molar-refractivity contribution in [2.24, 2.45) is 5.92 Å². The van der Waals surface area contributed by atoms with Gasteiger partial charge in [0.1, 0.15) is 16.7 Å². The van der Waals surface area contributed by atoms with Gasteiger partial charge in [-0.3, -0.25) is 4.79 Å². The summed E-state index contributed by atoms with van der Waals surface area (Å²) in [6.07, 6.45) is 9.89. The molecule has 2 aliphatic rings. The van der Waals surface area contributed by atoms with Crippen LogP contribution in [0.2, 0.25) is 0 Å². The monoisotopic (exact) mass is 477 g/mol. The molecule has 0 radical (unpaired) electrons. The van der Waals surface area contributed by atoms with Crippen LogP contribution < -0.4 is 20.7 Å². The zero-order valence-corrected chi connectivity index (χ0v) is 20.5. The maximum absolute atomic E-state index is 12.6. The zero-order valence-electron chi connectivity index (χ0n) is 20.5. The molecule has 3 aromatic rings. The van der Waals surface area contributed by atoms with Gasteiger partial charge >= 0.3 is 0 Å². The first-order valence-corrected chi connectivity index (χ1v) is 12.8. The van der Waals surface area contributed by atoms with Crippen LogP contribution in [0.25, 0.3) is 10.9 Å². The number of hydrogen-bond acceptors (Lipinski definition) is 8. The number of anilines is 4. The van der Waals surface area contributed by atoms with Crippen molar-refractivity contribution in [3.8, 4) is 0 Å². The summed E-state index contributed by atoms with van der Waals surface area (Å²) in [6, 6.07) is 8.41. The molecule has 0 saturated carbocycles. The fraction of sp³-hybridized carbons (Fsp3) is 0.538. The van der Waals surface area contributed by atoms with E-state index >= 15 is 0 Å². The lowest BCUT2D eigenvalue weighted by atomic mass is 9.95. The third-order valence-corrected chi connectivity index (χ3v) is 7.14. The van der Waals surface area contributed by atoms with Crippen molar-refractivity contribution in [1.82, 2.24) is 20.2 Å². The van der Waals surface area contributed by atoms with Crippen LogP contribution in [0, 0.1) is 5.92 Å². The standard InChI is InChI=1S/C26H35N7O2/c1-35-16-12-19-7-6-15-33(18-19)21-10-8-20(9-11-21)28-24-23-22(17-27-31-25(23)34)29-26(30-24)32-13-4-2-3-5-14-32/h8-11,17,19H,2-7,12-16,18H2,1H3,(H,31,34)(H,28,29,30). The van der Waals surface area contributed by atoms with Crippen LogP contribution in [-0.2, 0) is 4.74 Å². The van der Waals surface area contributed by atoms with Crippen LogP contribution in [0.4, 0.5) is 23.1 Å². The Labute approximate surface area is 205 Å². The van der Waals surface area contributed by atoms with Gasteiger partial charge in [-0.05, 0) is 62.3 Å². The minimum atomic E-state index is -0.292. The van der Waals surface area contributed by atoms with Gasteiger partial charge in [0.15, 0.2) is 0 Å². The summed E-state index contributed by atoms with van der Waals surface area (Å²) >= 11 is 0. The van der Waals surface area contributed by atoms with Crippen molar-refractivity contribution in [3.05, 3.63) is 40.8 Å². The number of fused-ring (bicyclic) bond motifs is 1. The minimum Gasteiger partial charge on any atom is -0.385 e.